The molecule has 1 saturated carbocycles. The molecule has 1 N–H and O–H groups in total. The third kappa shape index (κ3) is 2.84. The Balaban J connectivity index is 2.25. The van der Waals surface area contributed by atoms with Gasteiger partial charge in [0, 0.05) is 15.9 Å². The summed E-state index contributed by atoms with van der Waals surface area (Å²) in [5, 5.41) is 1.06. The van der Waals surface area contributed by atoms with Crippen LogP contribution >= 0.6 is 27.5 Å². The summed E-state index contributed by atoms with van der Waals surface area (Å²) in [7, 11) is -3.48. The van der Waals surface area contributed by atoms with Gasteiger partial charge in [-0.05, 0) is 37.5 Å². The molecule has 0 unspecified atom stereocenters. The second-order valence-electron chi connectivity index (χ2n) is 4.33. The predicted octanol–water partition coefficient (Wildman–Crippen LogP) is 2.94. The predicted molar refractivity (Wildman–Crippen MR) is 72.1 cm³/mol. The van der Waals surface area contributed by atoms with Gasteiger partial charge in [0.15, 0.2) is 0 Å². The van der Waals surface area contributed by atoms with E-state index in [1.54, 1.807) is 18.2 Å². The lowest BCUT2D eigenvalue weighted by Gasteiger charge is -2.40. The van der Waals surface area contributed by atoms with Gasteiger partial charge in [0.25, 0.3) is 0 Å². The highest BCUT2D eigenvalue weighted by Gasteiger charge is 2.39. The van der Waals surface area contributed by atoms with Crippen molar-refractivity contribution in [2.75, 3.05) is 5.33 Å². The molecule has 0 aliphatic heterocycles. The normalized spacial score (nSPS) is 18.7. The number of halogens is 2. The fourth-order valence-electron chi connectivity index (χ4n) is 1.84. The fraction of sp³-hybridized carbons (Fsp3) is 0.455. The number of sulfonamides is 1. The first-order valence-corrected chi connectivity index (χ1v) is 8.31. The van der Waals surface area contributed by atoms with E-state index in [0.717, 1.165) is 19.3 Å². The van der Waals surface area contributed by atoms with Crippen LogP contribution in [0.5, 0.6) is 0 Å². The minimum absolute atomic E-state index is 0.220. The van der Waals surface area contributed by atoms with E-state index < -0.39 is 10.0 Å². The Bertz CT molecular complexity index is 508. The van der Waals surface area contributed by atoms with Crippen molar-refractivity contribution in [3.63, 3.8) is 0 Å². The van der Waals surface area contributed by atoms with Gasteiger partial charge in [-0.1, -0.05) is 33.6 Å². The quantitative estimate of drug-likeness (QED) is 0.858. The first-order chi connectivity index (χ1) is 7.97. The lowest BCUT2D eigenvalue weighted by Crippen LogP contribution is -2.54. The molecule has 1 aromatic rings. The smallest absolute Gasteiger partial charge is 0.207 e. The van der Waals surface area contributed by atoms with E-state index in [1.165, 1.54) is 6.07 Å². The van der Waals surface area contributed by atoms with Crippen LogP contribution in [0.1, 0.15) is 19.3 Å². The molecule has 1 aliphatic rings. The number of hydrogen-bond acceptors (Lipinski definition) is 2. The molecule has 0 bridgehead atoms. The Morgan fingerprint density at radius 3 is 2.59 bits per heavy atom. The minimum atomic E-state index is -3.48. The molecular formula is C11H13BrClNO2S. The first kappa shape index (κ1) is 13.3. The van der Waals surface area contributed by atoms with Gasteiger partial charge >= 0.3 is 0 Å². The Morgan fingerprint density at radius 1 is 1.41 bits per heavy atom. The summed E-state index contributed by atoms with van der Waals surface area (Å²) in [4.78, 5) is 0.220. The van der Waals surface area contributed by atoms with Gasteiger partial charge in [-0.25, -0.2) is 13.1 Å². The number of alkyl halides is 1. The maximum Gasteiger partial charge on any atom is 0.241 e. The Kier molecular flexibility index (Phi) is 3.83. The highest BCUT2D eigenvalue weighted by Crippen LogP contribution is 2.35. The molecule has 0 atom stereocenters. The van der Waals surface area contributed by atoms with Crippen molar-refractivity contribution in [3.05, 3.63) is 29.3 Å². The van der Waals surface area contributed by atoms with E-state index in [-0.39, 0.29) is 10.4 Å². The zero-order valence-electron chi connectivity index (χ0n) is 9.12. The highest BCUT2D eigenvalue weighted by atomic mass is 79.9. The van der Waals surface area contributed by atoms with Gasteiger partial charge in [0.1, 0.15) is 0 Å². The van der Waals surface area contributed by atoms with Crippen LogP contribution in [0.15, 0.2) is 29.2 Å². The average Bonchev–Trinajstić information content (AvgIpc) is 2.24. The van der Waals surface area contributed by atoms with Crippen LogP contribution in [0.2, 0.25) is 5.02 Å². The third-order valence-corrected chi connectivity index (χ3v) is 5.91. The largest absolute Gasteiger partial charge is 0.241 e. The van der Waals surface area contributed by atoms with Crippen LogP contribution in [0, 0.1) is 0 Å². The van der Waals surface area contributed by atoms with Crippen molar-refractivity contribution in [2.24, 2.45) is 0 Å². The maximum atomic E-state index is 12.2. The van der Waals surface area contributed by atoms with E-state index in [0.29, 0.717) is 10.4 Å². The van der Waals surface area contributed by atoms with Crippen LogP contribution in [0.4, 0.5) is 0 Å². The average molecular weight is 339 g/mol. The van der Waals surface area contributed by atoms with Gasteiger partial charge in [0.2, 0.25) is 10.0 Å². The van der Waals surface area contributed by atoms with Crippen molar-refractivity contribution >= 4 is 37.6 Å². The van der Waals surface area contributed by atoms with Gasteiger partial charge in [-0.2, -0.15) is 0 Å². The van der Waals surface area contributed by atoms with Gasteiger partial charge in [0.05, 0.1) is 4.90 Å². The SMILES string of the molecule is O=S(=O)(NC1(CBr)CCC1)c1cccc(Cl)c1. The summed E-state index contributed by atoms with van der Waals surface area (Å²) in [6.45, 7) is 0. The summed E-state index contributed by atoms with van der Waals surface area (Å²) >= 11 is 9.17. The monoisotopic (exact) mass is 337 g/mol. The van der Waals surface area contributed by atoms with Crippen LogP contribution in [0.25, 0.3) is 0 Å². The van der Waals surface area contributed by atoms with Crippen molar-refractivity contribution in [3.8, 4) is 0 Å². The van der Waals surface area contributed by atoms with Gasteiger partial charge in [-0.3, -0.25) is 0 Å². The van der Waals surface area contributed by atoms with E-state index in [4.69, 9.17) is 11.6 Å². The Hall–Kier alpha value is -0.100. The van der Waals surface area contributed by atoms with Crippen LogP contribution < -0.4 is 4.72 Å². The number of benzene rings is 1. The summed E-state index contributed by atoms with van der Waals surface area (Å²) in [5.41, 5.74) is -0.318. The molecule has 1 fully saturated rings. The van der Waals surface area contributed by atoms with Crippen LogP contribution in [-0.2, 0) is 10.0 Å². The summed E-state index contributed by atoms with van der Waals surface area (Å²) in [6.07, 6.45) is 2.81. The molecule has 0 spiro atoms. The molecule has 1 aromatic carbocycles. The topological polar surface area (TPSA) is 46.2 Å². The molecular weight excluding hydrogens is 326 g/mol. The second kappa shape index (κ2) is 4.88. The number of nitrogens with one attached hydrogen (secondary N) is 1. The lowest BCUT2D eigenvalue weighted by molar-refractivity contribution is 0.256. The second-order valence-corrected chi connectivity index (χ2v) is 7.01. The van der Waals surface area contributed by atoms with Crippen LogP contribution in [0.3, 0.4) is 0 Å². The Morgan fingerprint density at radius 2 is 2.12 bits per heavy atom. The van der Waals surface area contributed by atoms with Crippen molar-refractivity contribution in [1.82, 2.24) is 4.72 Å². The maximum absolute atomic E-state index is 12.2. The third-order valence-electron chi connectivity index (χ3n) is 3.02. The van der Waals surface area contributed by atoms with Gasteiger partial charge in [-0.15, -0.1) is 0 Å². The van der Waals surface area contributed by atoms with E-state index in [2.05, 4.69) is 20.7 Å². The molecule has 3 nitrogen and oxygen atoms in total. The number of rotatable bonds is 4. The number of hydrogen-bond donors (Lipinski definition) is 1. The zero-order chi connectivity index (χ0) is 12.5. The molecule has 0 saturated heterocycles. The van der Waals surface area contributed by atoms with Gasteiger partial charge < -0.3 is 0 Å². The molecule has 0 heterocycles. The van der Waals surface area contributed by atoms with E-state index >= 15 is 0 Å². The summed E-state index contributed by atoms with van der Waals surface area (Å²) in [6, 6.07) is 6.31. The molecule has 6 heteroatoms. The Labute approximate surface area is 115 Å². The molecule has 0 radical (unpaired) electrons. The molecule has 1 aliphatic carbocycles. The lowest BCUT2D eigenvalue weighted by atomic mass is 9.80. The first-order valence-electron chi connectivity index (χ1n) is 5.33. The minimum Gasteiger partial charge on any atom is -0.207 e. The standard InChI is InChI=1S/C11H13BrClNO2S/c12-8-11(5-2-6-11)14-17(15,16)10-4-1-3-9(13)7-10/h1,3-4,7,14H,2,5-6,8H2. The van der Waals surface area contributed by atoms with Crippen molar-refractivity contribution < 1.29 is 8.42 Å². The highest BCUT2D eigenvalue weighted by molar-refractivity contribution is 9.09. The molecule has 2 rings (SSSR count). The fourth-order valence-corrected chi connectivity index (χ4v) is 4.49. The molecule has 94 valence electrons. The van der Waals surface area contributed by atoms with Crippen molar-refractivity contribution in [2.45, 2.75) is 29.7 Å². The van der Waals surface area contributed by atoms with Crippen LogP contribution in [-0.4, -0.2) is 19.3 Å². The molecule has 0 amide bonds. The zero-order valence-corrected chi connectivity index (χ0v) is 12.3. The summed E-state index contributed by atoms with van der Waals surface area (Å²) < 4.78 is 27.1. The van der Waals surface area contributed by atoms with E-state index in [1.807, 2.05) is 0 Å². The molecule has 17 heavy (non-hydrogen) atoms. The van der Waals surface area contributed by atoms with E-state index in [9.17, 15) is 8.42 Å². The summed E-state index contributed by atoms with van der Waals surface area (Å²) in [5.74, 6) is 0. The molecule has 0 aromatic heterocycles. The van der Waals surface area contributed by atoms with Crippen molar-refractivity contribution in [1.29, 1.82) is 0 Å².